The molecule has 0 aromatic heterocycles. The molecule has 0 bridgehead atoms. The molecule has 2 atom stereocenters. The Morgan fingerprint density at radius 3 is 0.899 bits per heavy atom. The maximum Gasteiger partial charge on any atom is 0.305 e. The average Bonchev–Trinajstić information content (AvgIpc) is 3.45. The van der Waals surface area contributed by atoms with E-state index < -0.39 is 12.1 Å². The number of carbonyl (C=O) groups excluding carboxylic acids is 2. The van der Waals surface area contributed by atoms with Gasteiger partial charge in [0.2, 0.25) is 5.91 Å². The summed E-state index contributed by atoms with van der Waals surface area (Å²) in [6, 6.07) is -0.625. The number of nitrogens with one attached hydrogen (secondary N) is 1. The summed E-state index contributed by atoms with van der Waals surface area (Å²) in [5.41, 5.74) is 0. The van der Waals surface area contributed by atoms with Crippen LogP contribution in [0, 0.1) is 0 Å². The van der Waals surface area contributed by atoms with Crippen LogP contribution >= 0.6 is 0 Å². The van der Waals surface area contributed by atoms with Crippen molar-refractivity contribution in [2.45, 2.75) is 418 Å². The second-order valence-electron chi connectivity index (χ2n) is 24.9. The highest BCUT2D eigenvalue weighted by atomic mass is 16.5. The monoisotopic (exact) mass is 1110 g/mol. The SMILES string of the molecule is CCCCCCCCC/C=C\CCCCCCCCCC(=O)OCCCCCCCCCCCCCCCCCCCCCCCCCCCCCCCC(=O)NC(CO)C(O)/C=C/CCCCCCCCCCCCCCC. The van der Waals surface area contributed by atoms with Gasteiger partial charge >= 0.3 is 5.97 Å². The summed E-state index contributed by atoms with van der Waals surface area (Å²) in [4.78, 5) is 24.6. The third kappa shape index (κ3) is 65.4. The highest BCUT2D eigenvalue weighted by Crippen LogP contribution is 2.19. The number of allylic oxidation sites excluding steroid dienone is 3. The fourth-order valence-corrected chi connectivity index (χ4v) is 11.5. The molecule has 0 spiro atoms. The zero-order valence-electron chi connectivity index (χ0n) is 53.6. The molecule has 1 amide bonds. The molecule has 0 aliphatic heterocycles. The Morgan fingerprint density at radius 1 is 0.342 bits per heavy atom. The number of aliphatic hydroxyl groups is 2. The molecule has 0 aromatic carbocycles. The Labute approximate surface area is 494 Å². The molecule has 0 heterocycles. The standard InChI is InChI=1S/C73H141NO5/c1-3-5-7-9-11-13-15-17-19-20-35-39-43-47-51-55-59-63-67-73(78)79-68-64-60-56-52-48-44-40-36-33-31-29-27-25-23-21-22-24-26-28-30-32-34-38-42-46-50-54-58-62-66-72(77)74-70(69-75)71(76)65-61-57-53-49-45-41-37-18-16-14-12-10-8-6-4-2/h19-20,61,65,70-71,75-76H,3-18,21-60,62-64,66-69H2,1-2H3,(H,74,77)/b20-19-,65-61+. The molecule has 79 heavy (non-hydrogen) atoms. The number of rotatable bonds is 68. The van der Waals surface area contributed by atoms with Gasteiger partial charge in [-0.15, -0.1) is 0 Å². The van der Waals surface area contributed by atoms with E-state index in [1.807, 2.05) is 6.08 Å². The van der Waals surface area contributed by atoms with Gasteiger partial charge in [0.15, 0.2) is 0 Å². The fourth-order valence-electron chi connectivity index (χ4n) is 11.5. The Balaban J connectivity index is 3.33. The van der Waals surface area contributed by atoms with Gasteiger partial charge in [0.25, 0.3) is 0 Å². The minimum atomic E-state index is -0.841. The molecule has 6 nitrogen and oxygen atoms in total. The summed E-state index contributed by atoms with van der Waals surface area (Å²) in [6.07, 6.45) is 87.0. The highest BCUT2D eigenvalue weighted by Gasteiger charge is 2.18. The van der Waals surface area contributed by atoms with E-state index in [2.05, 4.69) is 31.3 Å². The summed E-state index contributed by atoms with van der Waals surface area (Å²) in [7, 11) is 0. The molecule has 0 fully saturated rings. The van der Waals surface area contributed by atoms with Gasteiger partial charge in [-0.2, -0.15) is 0 Å². The predicted octanol–water partition coefficient (Wildman–Crippen LogP) is 23.3. The second kappa shape index (κ2) is 68.8. The zero-order chi connectivity index (χ0) is 57.1. The van der Waals surface area contributed by atoms with Gasteiger partial charge in [-0.25, -0.2) is 0 Å². The topological polar surface area (TPSA) is 95.9 Å². The van der Waals surface area contributed by atoms with Crippen LogP contribution in [-0.2, 0) is 14.3 Å². The summed E-state index contributed by atoms with van der Waals surface area (Å²) in [5, 5.41) is 23.2. The van der Waals surface area contributed by atoms with E-state index in [0.717, 1.165) is 44.9 Å². The van der Waals surface area contributed by atoms with Gasteiger partial charge in [0.05, 0.1) is 25.4 Å². The van der Waals surface area contributed by atoms with Gasteiger partial charge in [0.1, 0.15) is 0 Å². The molecule has 0 aromatic rings. The van der Waals surface area contributed by atoms with Crippen molar-refractivity contribution in [3.8, 4) is 0 Å². The van der Waals surface area contributed by atoms with Crippen molar-refractivity contribution in [2.75, 3.05) is 13.2 Å². The van der Waals surface area contributed by atoms with Crippen molar-refractivity contribution in [1.82, 2.24) is 5.32 Å². The molecule has 2 unspecified atom stereocenters. The van der Waals surface area contributed by atoms with E-state index in [4.69, 9.17) is 4.74 Å². The van der Waals surface area contributed by atoms with Crippen molar-refractivity contribution in [1.29, 1.82) is 0 Å². The first-order valence-corrected chi connectivity index (χ1v) is 36.1. The van der Waals surface area contributed by atoms with Crippen LogP contribution in [0.15, 0.2) is 24.3 Å². The van der Waals surface area contributed by atoms with Gasteiger partial charge in [-0.05, 0) is 57.8 Å². The molecule has 0 saturated carbocycles. The molecule has 6 heteroatoms. The Hall–Kier alpha value is -1.66. The number of ether oxygens (including phenoxy) is 1. The second-order valence-corrected chi connectivity index (χ2v) is 24.9. The van der Waals surface area contributed by atoms with Crippen LogP contribution in [0.2, 0.25) is 0 Å². The number of unbranched alkanes of at least 4 members (excludes halogenated alkanes) is 55. The predicted molar refractivity (Wildman–Crippen MR) is 347 cm³/mol. The van der Waals surface area contributed by atoms with Crippen LogP contribution in [-0.4, -0.2) is 47.4 Å². The Kier molecular flexibility index (Phi) is 67.4. The first-order chi connectivity index (χ1) is 39.0. The number of hydrogen-bond donors (Lipinski definition) is 3. The van der Waals surface area contributed by atoms with Crippen LogP contribution in [0.25, 0.3) is 0 Å². The molecule has 0 saturated heterocycles. The highest BCUT2D eigenvalue weighted by molar-refractivity contribution is 5.76. The molecular weight excluding hydrogens is 971 g/mol. The lowest BCUT2D eigenvalue weighted by Crippen LogP contribution is -2.45. The number of esters is 1. The fraction of sp³-hybridized carbons (Fsp3) is 0.918. The smallest absolute Gasteiger partial charge is 0.305 e. The van der Waals surface area contributed by atoms with Gasteiger partial charge in [-0.3, -0.25) is 9.59 Å². The zero-order valence-corrected chi connectivity index (χ0v) is 53.6. The number of carbonyl (C=O) groups is 2. The maximum atomic E-state index is 12.5. The molecule has 0 rings (SSSR count). The first kappa shape index (κ1) is 77.3. The van der Waals surface area contributed by atoms with Crippen molar-refractivity contribution in [3.05, 3.63) is 24.3 Å². The van der Waals surface area contributed by atoms with Gasteiger partial charge < -0.3 is 20.3 Å². The van der Waals surface area contributed by atoms with Crippen molar-refractivity contribution >= 4 is 11.9 Å². The van der Waals surface area contributed by atoms with Gasteiger partial charge in [0, 0.05) is 12.8 Å². The lowest BCUT2D eigenvalue weighted by molar-refractivity contribution is -0.143. The molecule has 0 aliphatic rings. The molecular formula is C73H141NO5. The number of hydrogen-bond acceptors (Lipinski definition) is 5. The molecule has 468 valence electrons. The largest absolute Gasteiger partial charge is 0.466 e. The summed E-state index contributed by atoms with van der Waals surface area (Å²) >= 11 is 0. The van der Waals surface area contributed by atoms with Crippen LogP contribution in [0.3, 0.4) is 0 Å². The Morgan fingerprint density at radius 2 is 0.595 bits per heavy atom. The number of aliphatic hydroxyl groups excluding tert-OH is 2. The summed E-state index contributed by atoms with van der Waals surface area (Å²) in [6.45, 7) is 4.94. The summed E-state index contributed by atoms with van der Waals surface area (Å²) in [5.74, 6) is -0.0449. The van der Waals surface area contributed by atoms with Crippen LogP contribution in [0.1, 0.15) is 406 Å². The van der Waals surface area contributed by atoms with Crippen molar-refractivity contribution in [2.24, 2.45) is 0 Å². The summed E-state index contributed by atoms with van der Waals surface area (Å²) < 4.78 is 5.51. The average molecular weight is 1110 g/mol. The van der Waals surface area contributed by atoms with Gasteiger partial charge in [-0.1, -0.05) is 359 Å². The number of amides is 1. The molecule has 0 aliphatic carbocycles. The van der Waals surface area contributed by atoms with E-state index in [0.29, 0.717) is 19.4 Å². The van der Waals surface area contributed by atoms with E-state index in [9.17, 15) is 19.8 Å². The minimum absolute atomic E-state index is 0.0170. The van der Waals surface area contributed by atoms with Crippen LogP contribution < -0.4 is 5.32 Å². The van der Waals surface area contributed by atoms with E-state index in [1.54, 1.807) is 6.08 Å². The quantitative estimate of drug-likeness (QED) is 0.0320. The third-order valence-electron chi connectivity index (χ3n) is 17.0. The van der Waals surface area contributed by atoms with Crippen molar-refractivity contribution in [3.63, 3.8) is 0 Å². The third-order valence-corrected chi connectivity index (χ3v) is 17.0. The van der Waals surface area contributed by atoms with Crippen LogP contribution in [0.5, 0.6) is 0 Å². The van der Waals surface area contributed by atoms with E-state index in [1.165, 1.54) is 334 Å². The normalized spacial score (nSPS) is 12.6. The molecule has 3 N–H and O–H groups in total. The van der Waals surface area contributed by atoms with Crippen LogP contribution in [0.4, 0.5) is 0 Å². The Bertz CT molecular complexity index is 1230. The minimum Gasteiger partial charge on any atom is -0.466 e. The lowest BCUT2D eigenvalue weighted by atomic mass is 10.0. The maximum absolute atomic E-state index is 12.5. The first-order valence-electron chi connectivity index (χ1n) is 36.1. The van der Waals surface area contributed by atoms with Crippen molar-refractivity contribution < 1.29 is 24.5 Å². The van der Waals surface area contributed by atoms with E-state index in [-0.39, 0.29) is 18.5 Å². The van der Waals surface area contributed by atoms with E-state index >= 15 is 0 Å². The lowest BCUT2D eigenvalue weighted by Gasteiger charge is -2.20. The molecule has 0 radical (unpaired) electrons.